The van der Waals surface area contributed by atoms with Crippen molar-refractivity contribution in [1.82, 2.24) is 9.88 Å². The first-order chi connectivity index (χ1) is 10.8. The topological polar surface area (TPSA) is 98.5 Å². The van der Waals surface area contributed by atoms with Gasteiger partial charge in [-0.25, -0.2) is 13.1 Å². The Balaban J connectivity index is 2.00. The van der Waals surface area contributed by atoms with E-state index < -0.39 is 22.0 Å². The zero-order valence-electron chi connectivity index (χ0n) is 13.8. The second-order valence-corrected chi connectivity index (χ2v) is 7.63. The minimum absolute atomic E-state index is 0.0139. The Hall–Kier alpha value is -1.41. The van der Waals surface area contributed by atoms with Gasteiger partial charge in [0.1, 0.15) is 11.8 Å². The summed E-state index contributed by atoms with van der Waals surface area (Å²) in [5, 5.41) is 3.60. The number of aromatic nitrogens is 1. The number of ether oxygens (including phenoxy) is 1. The van der Waals surface area contributed by atoms with Crippen molar-refractivity contribution in [1.29, 1.82) is 0 Å². The predicted octanol–water partition coefficient (Wildman–Crippen LogP) is 2.22. The van der Waals surface area contributed by atoms with Gasteiger partial charge in [-0.3, -0.25) is 4.79 Å². The lowest BCUT2D eigenvalue weighted by molar-refractivity contribution is -0.133. The number of carbonyl (C=O) groups excluding carboxylic acids is 1. The maximum absolute atomic E-state index is 12.3. The first-order valence-electron chi connectivity index (χ1n) is 7.96. The number of nitrogens with zero attached hydrogens (tertiary/aromatic N) is 1. The summed E-state index contributed by atoms with van der Waals surface area (Å²) in [7, 11) is -4.01. The molecule has 1 fully saturated rings. The lowest BCUT2D eigenvalue weighted by Gasteiger charge is -2.20. The van der Waals surface area contributed by atoms with Crippen LogP contribution in [-0.2, 0) is 19.6 Å². The van der Waals surface area contributed by atoms with Gasteiger partial charge in [0.25, 0.3) is 15.9 Å². The van der Waals surface area contributed by atoms with Gasteiger partial charge < -0.3 is 9.26 Å². The molecule has 1 atom stereocenters. The summed E-state index contributed by atoms with van der Waals surface area (Å²) in [6, 6.07) is 0. The molecule has 1 aromatic heterocycles. The minimum atomic E-state index is -4.01. The number of hydrogen-bond acceptors (Lipinski definition) is 6. The molecule has 1 N–H and O–H groups in total. The van der Waals surface area contributed by atoms with E-state index in [1.807, 2.05) is 0 Å². The minimum Gasteiger partial charge on any atom is -0.365 e. The van der Waals surface area contributed by atoms with E-state index in [2.05, 4.69) is 9.88 Å². The Morgan fingerprint density at radius 1 is 1.26 bits per heavy atom. The van der Waals surface area contributed by atoms with Crippen molar-refractivity contribution >= 4 is 15.9 Å². The fourth-order valence-corrected chi connectivity index (χ4v) is 4.23. The van der Waals surface area contributed by atoms with Gasteiger partial charge in [-0.1, -0.05) is 30.8 Å². The average Bonchev–Trinajstić information content (AvgIpc) is 2.66. The number of carbonyl (C=O) groups is 1. The largest absolute Gasteiger partial charge is 0.365 e. The molecule has 0 radical (unpaired) electrons. The Morgan fingerprint density at radius 2 is 1.87 bits per heavy atom. The number of amides is 1. The van der Waals surface area contributed by atoms with Crippen molar-refractivity contribution in [3.63, 3.8) is 0 Å². The van der Waals surface area contributed by atoms with Gasteiger partial charge in [0, 0.05) is 0 Å². The molecule has 1 amide bonds. The van der Waals surface area contributed by atoms with Crippen molar-refractivity contribution in [2.24, 2.45) is 0 Å². The van der Waals surface area contributed by atoms with Crippen molar-refractivity contribution < 1.29 is 22.5 Å². The van der Waals surface area contributed by atoms with Crippen molar-refractivity contribution in [2.45, 2.75) is 76.4 Å². The van der Waals surface area contributed by atoms with Gasteiger partial charge >= 0.3 is 0 Å². The first kappa shape index (κ1) is 17.9. The highest BCUT2D eigenvalue weighted by atomic mass is 32.2. The second-order valence-electron chi connectivity index (χ2n) is 6.01. The van der Waals surface area contributed by atoms with E-state index in [0.29, 0.717) is 0 Å². The molecular formula is C15H24N2O5S. The lowest BCUT2D eigenvalue weighted by Crippen LogP contribution is -2.40. The normalized spacial score (nSPS) is 18.4. The summed E-state index contributed by atoms with van der Waals surface area (Å²) in [6.45, 7) is 4.58. The molecular weight excluding hydrogens is 320 g/mol. The maximum atomic E-state index is 12.3. The van der Waals surface area contributed by atoms with Gasteiger partial charge in [0.2, 0.25) is 0 Å². The molecule has 1 aromatic rings. The predicted molar refractivity (Wildman–Crippen MR) is 83.3 cm³/mol. The zero-order valence-corrected chi connectivity index (χ0v) is 14.6. The molecule has 0 bridgehead atoms. The Labute approximate surface area is 136 Å². The summed E-state index contributed by atoms with van der Waals surface area (Å²) in [6.07, 6.45) is 5.53. The second kappa shape index (κ2) is 7.44. The summed E-state index contributed by atoms with van der Waals surface area (Å²) in [4.78, 5) is 12.1. The van der Waals surface area contributed by atoms with Crippen LogP contribution >= 0.6 is 0 Å². The van der Waals surface area contributed by atoms with Gasteiger partial charge in [-0.05, 0) is 33.6 Å². The molecule has 7 nitrogen and oxygen atoms in total. The van der Waals surface area contributed by atoms with E-state index in [-0.39, 0.29) is 22.5 Å². The molecule has 0 saturated heterocycles. The quantitative estimate of drug-likeness (QED) is 0.822. The Bertz CT molecular complexity index is 625. The monoisotopic (exact) mass is 344 g/mol. The summed E-state index contributed by atoms with van der Waals surface area (Å²) in [5.41, 5.74) is 0.222. The SMILES string of the molecule is Cc1noc(C)c1S(=O)(=O)NC(=O)C(C)OC1CCCCCC1. The van der Waals surface area contributed by atoms with Crippen LogP contribution in [0.5, 0.6) is 0 Å². The molecule has 130 valence electrons. The fourth-order valence-electron chi connectivity index (χ4n) is 2.85. The van der Waals surface area contributed by atoms with E-state index in [4.69, 9.17) is 9.26 Å². The first-order valence-corrected chi connectivity index (χ1v) is 9.44. The number of hydrogen-bond donors (Lipinski definition) is 1. The molecule has 8 heteroatoms. The van der Waals surface area contributed by atoms with Crippen molar-refractivity contribution in [3.8, 4) is 0 Å². The van der Waals surface area contributed by atoms with E-state index in [0.717, 1.165) is 25.7 Å². The van der Waals surface area contributed by atoms with E-state index in [9.17, 15) is 13.2 Å². The standard InChI is InChI=1S/C15H24N2O5S/c1-10-14(11(2)22-16-10)23(19,20)17-15(18)12(3)21-13-8-6-4-5-7-9-13/h12-13H,4-9H2,1-3H3,(H,17,18). The number of aryl methyl sites for hydroxylation is 2. The summed E-state index contributed by atoms with van der Waals surface area (Å²) >= 11 is 0. The van der Waals surface area contributed by atoms with Gasteiger partial charge in [-0.2, -0.15) is 0 Å². The van der Waals surface area contributed by atoms with Crippen LogP contribution in [0.25, 0.3) is 0 Å². The zero-order chi connectivity index (χ0) is 17.0. The molecule has 1 unspecified atom stereocenters. The third kappa shape index (κ3) is 4.54. The number of rotatable bonds is 5. The summed E-state index contributed by atoms with van der Waals surface area (Å²) < 4.78 is 37.3. The highest BCUT2D eigenvalue weighted by molar-refractivity contribution is 7.90. The molecule has 1 aliphatic carbocycles. The van der Waals surface area contributed by atoms with Crippen LogP contribution in [0.15, 0.2) is 9.42 Å². The Kier molecular flexibility index (Phi) is 5.80. The van der Waals surface area contributed by atoms with Crippen molar-refractivity contribution in [2.75, 3.05) is 0 Å². The highest BCUT2D eigenvalue weighted by Gasteiger charge is 2.29. The van der Waals surface area contributed by atoms with Crippen LogP contribution in [0.3, 0.4) is 0 Å². The van der Waals surface area contributed by atoms with Crippen LogP contribution in [0.2, 0.25) is 0 Å². The van der Waals surface area contributed by atoms with Crippen LogP contribution in [0.1, 0.15) is 56.9 Å². The smallest absolute Gasteiger partial charge is 0.269 e. The molecule has 1 heterocycles. The molecule has 1 aliphatic rings. The maximum Gasteiger partial charge on any atom is 0.269 e. The third-order valence-electron chi connectivity index (χ3n) is 4.04. The average molecular weight is 344 g/mol. The van der Waals surface area contributed by atoms with E-state index >= 15 is 0 Å². The molecule has 1 saturated carbocycles. The van der Waals surface area contributed by atoms with Crippen LogP contribution in [0, 0.1) is 13.8 Å². The molecule has 23 heavy (non-hydrogen) atoms. The van der Waals surface area contributed by atoms with Crippen LogP contribution in [0.4, 0.5) is 0 Å². The highest BCUT2D eigenvalue weighted by Crippen LogP contribution is 2.22. The number of sulfonamides is 1. The molecule has 0 aliphatic heterocycles. The van der Waals surface area contributed by atoms with Gasteiger partial charge in [-0.15, -0.1) is 0 Å². The molecule has 0 spiro atoms. The fraction of sp³-hybridized carbons (Fsp3) is 0.733. The van der Waals surface area contributed by atoms with Crippen molar-refractivity contribution in [3.05, 3.63) is 11.5 Å². The van der Waals surface area contributed by atoms with Gasteiger partial charge in [0.05, 0.1) is 6.10 Å². The molecule has 0 aromatic carbocycles. The third-order valence-corrected chi connectivity index (χ3v) is 5.63. The van der Waals surface area contributed by atoms with Crippen LogP contribution in [-0.4, -0.2) is 31.7 Å². The van der Waals surface area contributed by atoms with Gasteiger partial charge in [0.15, 0.2) is 10.7 Å². The van der Waals surface area contributed by atoms with Crippen LogP contribution < -0.4 is 4.72 Å². The van der Waals surface area contributed by atoms with E-state index in [1.54, 1.807) is 6.92 Å². The lowest BCUT2D eigenvalue weighted by atomic mass is 10.1. The van der Waals surface area contributed by atoms with E-state index in [1.165, 1.54) is 26.7 Å². The number of nitrogens with one attached hydrogen (secondary N) is 1. The summed E-state index contributed by atoms with van der Waals surface area (Å²) in [5.74, 6) is -0.519. The Morgan fingerprint density at radius 3 is 2.39 bits per heavy atom. The molecule has 2 rings (SSSR count).